The molecule has 0 bridgehead atoms. The standard InChI is InChI=1S/C30H24N4O4/c1-20-8-12-25(34(36)37)18-27(20)29-17-15-26(38-29)19-31-32-30(35)23-10-13-24(14-11-23)33-21(2)9-16-28(33)22-6-4-3-5-7-22/h3-19H,1-2H3,(H,32,35)/b31-19+. The lowest BCUT2D eigenvalue weighted by molar-refractivity contribution is -0.384. The Labute approximate surface area is 219 Å². The van der Waals surface area contributed by atoms with Crippen molar-refractivity contribution in [3.8, 4) is 28.3 Å². The number of nitrogens with one attached hydrogen (secondary N) is 1. The first-order valence-corrected chi connectivity index (χ1v) is 11.9. The van der Waals surface area contributed by atoms with Crippen LogP contribution < -0.4 is 5.43 Å². The number of amides is 1. The lowest BCUT2D eigenvalue weighted by Gasteiger charge is -2.12. The van der Waals surface area contributed by atoms with Gasteiger partial charge in [0.2, 0.25) is 0 Å². The van der Waals surface area contributed by atoms with Crippen molar-refractivity contribution in [2.24, 2.45) is 5.10 Å². The molecule has 0 atom stereocenters. The van der Waals surface area contributed by atoms with Gasteiger partial charge in [-0.3, -0.25) is 14.9 Å². The zero-order chi connectivity index (χ0) is 26.6. The fourth-order valence-corrected chi connectivity index (χ4v) is 4.25. The van der Waals surface area contributed by atoms with Crippen molar-refractivity contribution >= 4 is 17.8 Å². The smallest absolute Gasteiger partial charge is 0.271 e. The monoisotopic (exact) mass is 504 g/mol. The molecule has 0 radical (unpaired) electrons. The van der Waals surface area contributed by atoms with Gasteiger partial charge in [0.1, 0.15) is 11.5 Å². The Morgan fingerprint density at radius 1 is 0.947 bits per heavy atom. The van der Waals surface area contributed by atoms with Gasteiger partial charge in [-0.25, -0.2) is 5.43 Å². The molecule has 188 valence electrons. The van der Waals surface area contributed by atoms with Crippen LogP contribution in [0, 0.1) is 24.0 Å². The second kappa shape index (κ2) is 10.4. The Bertz CT molecular complexity index is 1650. The Hall–Kier alpha value is -5.24. The van der Waals surface area contributed by atoms with Crippen LogP contribution in [0.1, 0.15) is 27.4 Å². The molecule has 2 aromatic heterocycles. The Balaban J connectivity index is 1.27. The minimum atomic E-state index is -0.446. The minimum absolute atomic E-state index is 0.0151. The molecule has 8 heteroatoms. The maximum absolute atomic E-state index is 12.6. The second-order valence-electron chi connectivity index (χ2n) is 8.77. The van der Waals surface area contributed by atoms with Crippen LogP contribution >= 0.6 is 0 Å². The van der Waals surface area contributed by atoms with Crippen molar-refractivity contribution in [1.82, 2.24) is 9.99 Å². The van der Waals surface area contributed by atoms with Gasteiger partial charge in [0.05, 0.1) is 16.8 Å². The normalized spacial score (nSPS) is 11.1. The van der Waals surface area contributed by atoms with Crippen LogP contribution in [0.25, 0.3) is 28.3 Å². The molecule has 0 aliphatic rings. The lowest BCUT2D eigenvalue weighted by Crippen LogP contribution is -2.17. The zero-order valence-corrected chi connectivity index (χ0v) is 20.8. The molecule has 1 N–H and O–H groups in total. The van der Waals surface area contributed by atoms with E-state index in [1.165, 1.54) is 18.3 Å². The summed E-state index contributed by atoms with van der Waals surface area (Å²) in [5, 5.41) is 15.1. The highest BCUT2D eigenvalue weighted by molar-refractivity contribution is 5.95. The summed E-state index contributed by atoms with van der Waals surface area (Å²) in [4.78, 5) is 23.3. The summed E-state index contributed by atoms with van der Waals surface area (Å²) >= 11 is 0. The molecule has 2 heterocycles. The Morgan fingerprint density at radius 3 is 2.45 bits per heavy atom. The summed E-state index contributed by atoms with van der Waals surface area (Å²) in [5.74, 6) is 0.518. The van der Waals surface area contributed by atoms with Gasteiger partial charge in [-0.2, -0.15) is 5.10 Å². The molecule has 3 aromatic carbocycles. The predicted octanol–water partition coefficient (Wildman–Crippen LogP) is 6.69. The van der Waals surface area contributed by atoms with E-state index < -0.39 is 4.92 Å². The number of hydrogen-bond donors (Lipinski definition) is 1. The molecule has 0 unspecified atom stereocenters. The molecule has 0 saturated carbocycles. The summed E-state index contributed by atoms with van der Waals surface area (Å²) in [6.45, 7) is 3.89. The van der Waals surface area contributed by atoms with Gasteiger partial charge >= 0.3 is 0 Å². The molecule has 1 amide bonds. The van der Waals surface area contributed by atoms with Gasteiger partial charge in [-0.15, -0.1) is 0 Å². The van der Waals surface area contributed by atoms with Crippen LogP contribution in [0.5, 0.6) is 0 Å². The SMILES string of the molecule is Cc1ccc([N+](=O)[O-])cc1-c1ccc(/C=N/NC(=O)c2ccc(-n3c(C)ccc3-c3ccccc3)cc2)o1. The Kier molecular flexibility index (Phi) is 6.69. The van der Waals surface area contributed by atoms with Crippen LogP contribution in [0.3, 0.4) is 0 Å². The predicted molar refractivity (Wildman–Crippen MR) is 147 cm³/mol. The maximum atomic E-state index is 12.6. The van der Waals surface area contributed by atoms with Crippen molar-refractivity contribution in [3.63, 3.8) is 0 Å². The van der Waals surface area contributed by atoms with E-state index in [4.69, 9.17) is 4.42 Å². The van der Waals surface area contributed by atoms with Crippen molar-refractivity contribution in [3.05, 3.63) is 130 Å². The number of carbonyl (C=O) groups excluding carboxylic acids is 1. The number of aromatic nitrogens is 1. The molecule has 0 spiro atoms. The minimum Gasteiger partial charge on any atom is -0.455 e. The van der Waals surface area contributed by atoms with E-state index in [0.717, 1.165) is 28.2 Å². The molecule has 0 saturated heterocycles. The van der Waals surface area contributed by atoms with Crippen molar-refractivity contribution in [2.75, 3.05) is 0 Å². The highest BCUT2D eigenvalue weighted by Crippen LogP contribution is 2.29. The molecule has 0 aliphatic carbocycles. The number of furan rings is 1. The molecule has 0 fully saturated rings. The molecule has 5 aromatic rings. The van der Waals surface area contributed by atoms with Gasteiger partial charge in [0.15, 0.2) is 0 Å². The first kappa shape index (κ1) is 24.5. The molecule has 38 heavy (non-hydrogen) atoms. The van der Waals surface area contributed by atoms with Gasteiger partial charge in [0.25, 0.3) is 11.6 Å². The van der Waals surface area contributed by atoms with Gasteiger partial charge in [-0.1, -0.05) is 36.4 Å². The highest BCUT2D eigenvalue weighted by Gasteiger charge is 2.14. The van der Waals surface area contributed by atoms with Crippen LogP contribution in [0.2, 0.25) is 0 Å². The average molecular weight is 505 g/mol. The quantitative estimate of drug-likeness (QED) is 0.151. The summed E-state index contributed by atoms with van der Waals surface area (Å²) in [6, 6.07) is 29.6. The molecule has 8 nitrogen and oxygen atoms in total. The lowest BCUT2D eigenvalue weighted by atomic mass is 10.1. The number of aryl methyl sites for hydroxylation is 2. The van der Waals surface area contributed by atoms with Crippen LogP contribution in [0.4, 0.5) is 5.69 Å². The van der Waals surface area contributed by atoms with E-state index in [9.17, 15) is 14.9 Å². The maximum Gasteiger partial charge on any atom is 0.271 e. The average Bonchev–Trinajstić information content (AvgIpc) is 3.56. The molecular weight excluding hydrogens is 480 g/mol. The van der Waals surface area contributed by atoms with E-state index >= 15 is 0 Å². The van der Waals surface area contributed by atoms with Crippen molar-refractivity contribution < 1.29 is 14.1 Å². The van der Waals surface area contributed by atoms with Crippen LogP contribution in [-0.4, -0.2) is 21.6 Å². The largest absolute Gasteiger partial charge is 0.455 e. The summed E-state index contributed by atoms with van der Waals surface area (Å²) < 4.78 is 7.91. The van der Waals surface area contributed by atoms with Crippen molar-refractivity contribution in [2.45, 2.75) is 13.8 Å². The number of nitro groups is 1. The summed E-state index contributed by atoms with van der Waals surface area (Å²) in [5.41, 5.74) is 8.64. The van der Waals surface area contributed by atoms with E-state index in [-0.39, 0.29) is 11.6 Å². The van der Waals surface area contributed by atoms with Crippen molar-refractivity contribution in [1.29, 1.82) is 0 Å². The third kappa shape index (κ3) is 5.01. The summed E-state index contributed by atoms with van der Waals surface area (Å²) in [6.07, 6.45) is 1.39. The van der Waals surface area contributed by atoms with E-state index in [1.807, 2.05) is 44.2 Å². The number of non-ortho nitro benzene ring substituents is 1. The van der Waals surface area contributed by atoms with Gasteiger partial charge < -0.3 is 8.98 Å². The number of nitro benzene ring substituents is 1. The highest BCUT2D eigenvalue weighted by atomic mass is 16.6. The van der Waals surface area contributed by atoms with E-state index in [0.29, 0.717) is 22.6 Å². The fourth-order valence-electron chi connectivity index (χ4n) is 4.25. The van der Waals surface area contributed by atoms with E-state index in [2.05, 4.69) is 39.4 Å². The first-order valence-electron chi connectivity index (χ1n) is 11.9. The van der Waals surface area contributed by atoms with Gasteiger partial charge in [0, 0.05) is 34.6 Å². The number of hydrazone groups is 1. The second-order valence-corrected chi connectivity index (χ2v) is 8.77. The van der Waals surface area contributed by atoms with E-state index in [1.54, 1.807) is 30.3 Å². The fraction of sp³-hybridized carbons (Fsp3) is 0.0667. The zero-order valence-electron chi connectivity index (χ0n) is 20.8. The van der Waals surface area contributed by atoms with Gasteiger partial charge in [-0.05, 0) is 73.5 Å². The number of hydrogen-bond acceptors (Lipinski definition) is 5. The molecule has 0 aliphatic heterocycles. The number of carbonyl (C=O) groups is 1. The molecule has 5 rings (SSSR count). The topological polar surface area (TPSA) is 103 Å². The number of nitrogens with zero attached hydrogens (tertiary/aromatic N) is 3. The number of benzene rings is 3. The number of rotatable bonds is 7. The van der Waals surface area contributed by atoms with Crippen LogP contribution in [0.15, 0.2) is 107 Å². The summed E-state index contributed by atoms with van der Waals surface area (Å²) in [7, 11) is 0. The van der Waals surface area contributed by atoms with Crippen LogP contribution in [-0.2, 0) is 0 Å². The third-order valence-corrected chi connectivity index (χ3v) is 6.22. The third-order valence-electron chi connectivity index (χ3n) is 6.22. The Morgan fingerprint density at radius 2 is 1.71 bits per heavy atom. The molecular formula is C30H24N4O4. The first-order chi connectivity index (χ1) is 18.4.